The molecule has 0 heterocycles. The molecule has 2 N–H and O–H groups in total. The van der Waals surface area contributed by atoms with Gasteiger partial charge in [0.05, 0.1) is 12.1 Å². The van der Waals surface area contributed by atoms with Crippen LogP contribution in [0.25, 0.3) is 0 Å². The Hall–Kier alpha value is -1.55. The monoisotopic (exact) mass is 290 g/mol. The molecule has 2 amide bonds. The molecule has 1 aliphatic rings. The quantitative estimate of drug-likeness (QED) is 0.876. The third-order valence-electron chi connectivity index (χ3n) is 4.19. The van der Waals surface area contributed by atoms with Crippen molar-refractivity contribution >= 4 is 6.03 Å². The predicted molar refractivity (Wildman–Crippen MR) is 84.3 cm³/mol. The predicted octanol–water partition coefficient (Wildman–Crippen LogP) is 2.65. The van der Waals surface area contributed by atoms with Crippen molar-refractivity contribution in [3.05, 3.63) is 34.9 Å². The normalized spacial score (nSPS) is 16.2. The maximum absolute atomic E-state index is 12.1. The van der Waals surface area contributed by atoms with E-state index in [-0.39, 0.29) is 18.2 Å². The lowest BCUT2D eigenvalue weighted by Crippen LogP contribution is -2.39. The molecule has 0 spiro atoms. The lowest BCUT2D eigenvalue weighted by molar-refractivity contribution is 0.162. The van der Waals surface area contributed by atoms with Crippen LogP contribution in [0.5, 0.6) is 0 Å². The first-order valence-electron chi connectivity index (χ1n) is 7.78. The molecule has 21 heavy (non-hydrogen) atoms. The minimum atomic E-state index is -0.380. The first-order chi connectivity index (χ1) is 9.97. The van der Waals surface area contributed by atoms with Crippen molar-refractivity contribution in [1.82, 2.24) is 10.2 Å². The SMILES string of the molecule is C[C@H](NC(=O)N(C)CC[C@@H](C)O)c1ccc2c(c1)CCC2. The van der Waals surface area contributed by atoms with Crippen molar-refractivity contribution in [2.24, 2.45) is 0 Å². The van der Waals surface area contributed by atoms with Crippen molar-refractivity contribution in [1.29, 1.82) is 0 Å². The number of aryl methyl sites for hydroxylation is 2. The van der Waals surface area contributed by atoms with Crippen molar-refractivity contribution < 1.29 is 9.90 Å². The summed E-state index contributed by atoms with van der Waals surface area (Å²) in [6.45, 7) is 4.30. The number of fused-ring (bicyclic) bond motifs is 1. The number of benzene rings is 1. The van der Waals surface area contributed by atoms with Crippen molar-refractivity contribution in [3.8, 4) is 0 Å². The fourth-order valence-electron chi connectivity index (χ4n) is 2.72. The minimum Gasteiger partial charge on any atom is -0.393 e. The number of aliphatic hydroxyl groups is 1. The minimum absolute atomic E-state index is 0.00241. The van der Waals surface area contributed by atoms with Crippen LogP contribution in [0.2, 0.25) is 0 Å². The average molecular weight is 290 g/mol. The first-order valence-corrected chi connectivity index (χ1v) is 7.78. The van der Waals surface area contributed by atoms with Gasteiger partial charge in [-0.2, -0.15) is 0 Å². The number of rotatable bonds is 5. The third kappa shape index (κ3) is 4.21. The highest BCUT2D eigenvalue weighted by Crippen LogP contribution is 2.25. The second kappa shape index (κ2) is 6.94. The molecule has 116 valence electrons. The fraction of sp³-hybridized carbons (Fsp3) is 0.588. The van der Waals surface area contributed by atoms with E-state index in [1.54, 1.807) is 18.9 Å². The van der Waals surface area contributed by atoms with E-state index >= 15 is 0 Å². The summed E-state index contributed by atoms with van der Waals surface area (Å²) in [6, 6.07) is 6.44. The van der Waals surface area contributed by atoms with Crippen LogP contribution < -0.4 is 5.32 Å². The molecule has 2 atom stereocenters. The highest BCUT2D eigenvalue weighted by molar-refractivity contribution is 5.74. The smallest absolute Gasteiger partial charge is 0.317 e. The summed E-state index contributed by atoms with van der Waals surface area (Å²) >= 11 is 0. The molecule has 0 aromatic heterocycles. The van der Waals surface area contributed by atoms with E-state index < -0.39 is 0 Å². The molecule has 0 aliphatic heterocycles. The molecule has 1 aliphatic carbocycles. The van der Waals surface area contributed by atoms with E-state index in [4.69, 9.17) is 0 Å². The molecule has 4 nitrogen and oxygen atoms in total. The van der Waals surface area contributed by atoms with E-state index in [0.29, 0.717) is 13.0 Å². The van der Waals surface area contributed by atoms with Gasteiger partial charge in [-0.05, 0) is 56.2 Å². The van der Waals surface area contributed by atoms with Gasteiger partial charge in [-0.1, -0.05) is 18.2 Å². The Morgan fingerprint density at radius 2 is 2.05 bits per heavy atom. The van der Waals surface area contributed by atoms with Crippen molar-refractivity contribution in [3.63, 3.8) is 0 Å². The second-order valence-corrected chi connectivity index (χ2v) is 6.11. The zero-order valence-electron chi connectivity index (χ0n) is 13.2. The standard InChI is InChI=1S/C17H26N2O2/c1-12(20)9-10-19(3)17(21)18-13(2)15-8-7-14-5-4-6-16(14)11-15/h7-8,11-13,20H,4-6,9-10H2,1-3H3,(H,18,21)/t12-,13+/m1/s1. The lowest BCUT2D eigenvalue weighted by Gasteiger charge is -2.22. The average Bonchev–Trinajstić information content (AvgIpc) is 2.91. The lowest BCUT2D eigenvalue weighted by atomic mass is 10.0. The maximum Gasteiger partial charge on any atom is 0.317 e. The summed E-state index contributed by atoms with van der Waals surface area (Å²) in [5, 5.41) is 12.3. The molecule has 1 aromatic carbocycles. The number of aliphatic hydroxyl groups excluding tert-OH is 1. The Labute approximate surface area is 127 Å². The van der Waals surface area contributed by atoms with Crippen molar-refractivity contribution in [2.45, 2.75) is 51.7 Å². The highest BCUT2D eigenvalue weighted by atomic mass is 16.3. The summed E-state index contributed by atoms with van der Waals surface area (Å²) in [7, 11) is 1.76. The molecule has 2 rings (SSSR count). The summed E-state index contributed by atoms with van der Waals surface area (Å²) in [6.07, 6.45) is 3.78. The van der Waals surface area contributed by atoms with Gasteiger partial charge in [0.2, 0.25) is 0 Å². The number of hydrogen-bond donors (Lipinski definition) is 2. The third-order valence-corrected chi connectivity index (χ3v) is 4.19. The Morgan fingerprint density at radius 1 is 1.33 bits per heavy atom. The molecule has 0 saturated heterocycles. The van der Waals surface area contributed by atoms with Crippen LogP contribution in [0.1, 0.15) is 49.4 Å². The Kier molecular flexibility index (Phi) is 5.23. The molecule has 0 bridgehead atoms. The summed E-state index contributed by atoms with van der Waals surface area (Å²) < 4.78 is 0. The van der Waals surface area contributed by atoms with Gasteiger partial charge in [-0.3, -0.25) is 0 Å². The Bertz CT molecular complexity index is 500. The van der Waals surface area contributed by atoms with Gasteiger partial charge in [-0.15, -0.1) is 0 Å². The molecular weight excluding hydrogens is 264 g/mol. The highest BCUT2D eigenvalue weighted by Gasteiger charge is 2.16. The Balaban J connectivity index is 1.91. The summed E-state index contributed by atoms with van der Waals surface area (Å²) in [5.74, 6) is 0. The fourth-order valence-corrected chi connectivity index (χ4v) is 2.72. The topological polar surface area (TPSA) is 52.6 Å². The van der Waals surface area contributed by atoms with Gasteiger partial charge in [0.15, 0.2) is 0 Å². The molecule has 4 heteroatoms. The molecule has 0 radical (unpaired) electrons. The van der Waals surface area contributed by atoms with Gasteiger partial charge in [-0.25, -0.2) is 4.79 Å². The van der Waals surface area contributed by atoms with Crippen LogP contribution in [0.4, 0.5) is 4.79 Å². The number of urea groups is 1. The van der Waals surface area contributed by atoms with E-state index in [1.807, 2.05) is 6.92 Å². The molecule has 0 saturated carbocycles. The number of carbonyl (C=O) groups excluding carboxylic acids is 1. The largest absolute Gasteiger partial charge is 0.393 e. The van der Waals surface area contributed by atoms with E-state index in [2.05, 4.69) is 23.5 Å². The van der Waals surface area contributed by atoms with E-state index in [9.17, 15) is 9.90 Å². The van der Waals surface area contributed by atoms with Crippen LogP contribution in [0.3, 0.4) is 0 Å². The molecule has 0 unspecified atom stereocenters. The molecule has 0 fully saturated rings. The zero-order chi connectivity index (χ0) is 15.4. The van der Waals surface area contributed by atoms with Gasteiger partial charge in [0, 0.05) is 13.6 Å². The van der Waals surface area contributed by atoms with Crippen LogP contribution in [-0.2, 0) is 12.8 Å². The number of hydrogen-bond acceptors (Lipinski definition) is 2. The van der Waals surface area contributed by atoms with Crippen LogP contribution >= 0.6 is 0 Å². The van der Waals surface area contributed by atoms with E-state index in [0.717, 1.165) is 12.0 Å². The van der Waals surface area contributed by atoms with Gasteiger partial charge >= 0.3 is 6.03 Å². The summed E-state index contributed by atoms with van der Waals surface area (Å²) in [4.78, 5) is 13.7. The van der Waals surface area contributed by atoms with Crippen molar-refractivity contribution in [2.75, 3.05) is 13.6 Å². The van der Waals surface area contributed by atoms with Crippen LogP contribution in [0.15, 0.2) is 18.2 Å². The summed E-state index contributed by atoms with van der Waals surface area (Å²) in [5.41, 5.74) is 4.04. The number of nitrogens with zero attached hydrogens (tertiary/aromatic N) is 1. The number of nitrogens with one attached hydrogen (secondary N) is 1. The number of carbonyl (C=O) groups is 1. The molecule has 1 aromatic rings. The molecular formula is C17H26N2O2. The maximum atomic E-state index is 12.1. The second-order valence-electron chi connectivity index (χ2n) is 6.11. The first kappa shape index (κ1) is 15.8. The Morgan fingerprint density at radius 3 is 2.76 bits per heavy atom. The van der Waals surface area contributed by atoms with Crippen LogP contribution in [-0.4, -0.2) is 35.7 Å². The number of amides is 2. The van der Waals surface area contributed by atoms with Gasteiger partial charge in [0.25, 0.3) is 0 Å². The van der Waals surface area contributed by atoms with Crippen LogP contribution in [0, 0.1) is 0 Å². The zero-order valence-corrected chi connectivity index (χ0v) is 13.2. The van der Waals surface area contributed by atoms with Gasteiger partial charge < -0.3 is 15.3 Å². The van der Waals surface area contributed by atoms with Gasteiger partial charge in [0.1, 0.15) is 0 Å². The van der Waals surface area contributed by atoms with E-state index in [1.165, 1.54) is 24.0 Å².